The summed E-state index contributed by atoms with van der Waals surface area (Å²) in [4.78, 5) is 7.60. The lowest BCUT2D eigenvalue weighted by Crippen LogP contribution is -2.36. The third-order valence-corrected chi connectivity index (χ3v) is 14.1. The fraction of sp³-hybridized carbons (Fsp3) is 0.0189. The van der Waals surface area contributed by atoms with E-state index in [1.165, 1.54) is 53.0 Å². The molecule has 2 aliphatic heterocycles. The van der Waals surface area contributed by atoms with Gasteiger partial charge in [-0.1, -0.05) is 157 Å². The van der Waals surface area contributed by atoms with Crippen molar-refractivity contribution in [2.75, 3.05) is 4.90 Å². The van der Waals surface area contributed by atoms with Gasteiger partial charge in [-0.2, -0.15) is 0 Å². The second-order valence-corrected chi connectivity index (χ2v) is 17.0. The molecule has 0 N–H and O–H groups in total. The molecule has 0 fully saturated rings. The molecule has 3 heterocycles. The summed E-state index contributed by atoms with van der Waals surface area (Å²) in [5.41, 5.74) is 12.2. The largest absolute Gasteiger partial charge is 0.455 e. The number of hydrogen-bond acceptors (Lipinski definition) is 4. The van der Waals surface area contributed by atoms with E-state index in [9.17, 15) is 0 Å². The zero-order chi connectivity index (χ0) is 37.5. The fourth-order valence-electron chi connectivity index (χ4n) is 9.32. The molecule has 268 valence electrons. The molecule has 1 aromatic heterocycles. The Morgan fingerprint density at radius 1 is 0.404 bits per heavy atom. The third kappa shape index (κ3) is 4.88. The number of benzene rings is 9. The number of rotatable bonds is 4. The molecule has 10 aromatic rings. The molecule has 0 saturated carbocycles. The first-order valence-electron chi connectivity index (χ1n) is 19.3. The molecule has 0 saturated heterocycles. The van der Waals surface area contributed by atoms with Gasteiger partial charge in [-0.15, -0.1) is 0 Å². The van der Waals surface area contributed by atoms with E-state index in [0.717, 1.165) is 49.8 Å². The van der Waals surface area contributed by atoms with Crippen LogP contribution in [-0.4, -0.2) is 0 Å². The van der Waals surface area contributed by atoms with E-state index in [1.807, 2.05) is 29.6 Å². The van der Waals surface area contributed by atoms with Crippen molar-refractivity contribution in [1.29, 1.82) is 0 Å². The van der Waals surface area contributed by atoms with Gasteiger partial charge in [0.25, 0.3) is 0 Å². The van der Waals surface area contributed by atoms with E-state index < -0.39 is 5.41 Å². The van der Waals surface area contributed by atoms with Crippen LogP contribution in [0.25, 0.3) is 43.8 Å². The quantitative estimate of drug-likeness (QED) is 0.177. The monoisotopic (exact) mass is 763 g/mol. The van der Waals surface area contributed by atoms with Crippen LogP contribution >= 0.6 is 23.5 Å². The average Bonchev–Trinajstić information content (AvgIpc) is 3.66. The molecule has 2 nitrogen and oxygen atoms in total. The minimum atomic E-state index is -0.515. The van der Waals surface area contributed by atoms with Crippen molar-refractivity contribution in [2.45, 2.75) is 25.0 Å². The van der Waals surface area contributed by atoms with Crippen LogP contribution in [0.1, 0.15) is 22.3 Å². The lowest BCUT2D eigenvalue weighted by molar-refractivity contribution is 0.667. The van der Waals surface area contributed by atoms with Crippen molar-refractivity contribution in [3.8, 4) is 11.1 Å². The number of furan rings is 1. The number of anilines is 3. The van der Waals surface area contributed by atoms with Crippen LogP contribution in [0.3, 0.4) is 0 Å². The molecule has 12 rings (SSSR count). The summed E-state index contributed by atoms with van der Waals surface area (Å²) in [7, 11) is 0. The topological polar surface area (TPSA) is 16.4 Å². The highest BCUT2D eigenvalue weighted by Crippen LogP contribution is 2.62. The molecule has 0 amide bonds. The van der Waals surface area contributed by atoms with Crippen molar-refractivity contribution in [3.05, 3.63) is 222 Å². The Balaban J connectivity index is 1.16. The standard InChI is InChI=1S/C53H33NOS2/c1-2-13-34(14-3-1)35-25-28-37(29-26-35)54(45-20-12-15-36-27-31-40-39-16-4-8-21-46(39)55-52(40)51(36)45)38-30-32-50-44(33-38)53(43-19-7-11-24-49(43)57-50)41-17-5-9-22-47(41)56-48-23-10-6-18-42(48)53/h1-33H. The van der Waals surface area contributed by atoms with Gasteiger partial charge in [0.2, 0.25) is 0 Å². The van der Waals surface area contributed by atoms with Gasteiger partial charge in [0.15, 0.2) is 0 Å². The van der Waals surface area contributed by atoms with E-state index in [0.29, 0.717) is 0 Å². The van der Waals surface area contributed by atoms with E-state index in [1.54, 1.807) is 0 Å². The predicted octanol–water partition coefficient (Wildman–Crippen LogP) is 15.2. The lowest BCUT2D eigenvalue weighted by Gasteiger charge is -2.46. The number of hydrogen-bond donors (Lipinski definition) is 0. The Hall–Kier alpha value is -6.46. The highest BCUT2D eigenvalue weighted by molar-refractivity contribution is 8.00. The van der Waals surface area contributed by atoms with Gasteiger partial charge < -0.3 is 9.32 Å². The summed E-state index contributed by atoms with van der Waals surface area (Å²) >= 11 is 3.76. The van der Waals surface area contributed by atoms with Gasteiger partial charge in [0.05, 0.1) is 11.1 Å². The first-order valence-corrected chi connectivity index (χ1v) is 21.0. The molecule has 0 aliphatic carbocycles. The summed E-state index contributed by atoms with van der Waals surface area (Å²) < 4.78 is 6.77. The summed E-state index contributed by atoms with van der Waals surface area (Å²) in [6.45, 7) is 0. The summed E-state index contributed by atoms with van der Waals surface area (Å²) in [5, 5.41) is 4.48. The Kier molecular flexibility index (Phi) is 7.35. The molecular formula is C53H33NOS2. The van der Waals surface area contributed by atoms with E-state index >= 15 is 0 Å². The molecule has 2 aliphatic rings. The van der Waals surface area contributed by atoms with Crippen LogP contribution in [0.2, 0.25) is 0 Å². The number of fused-ring (bicyclic) bond motifs is 13. The maximum Gasteiger partial charge on any atom is 0.145 e. The van der Waals surface area contributed by atoms with Gasteiger partial charge in [0, 0.05) is 47.1 Å². The molecule has 0 atom stereocenters. The van der Waals surface area contributed by atoms with Gasteiger partial charge in [-0.3, -0.25) is 0 Å². The maximum atomic E-state index is 6.77. The normalized spacial score (nSPS) is 13.6. The van der Waals surface area contributed by atoms with Crippen molar-refractivity contribution >= 4 is 73.3 Å². The second-order valence-electron chi connectivity index (χ2n) is 14.8. The van der Waals surface area contributed by atoms with Crippen LogP contribution in [0, 0.1) is 0 Å². The van der Waals surface area contributed by atoms with Crippen molar-refractivity contribution in [1.82, 2.24) is 0 Å². The predicted molar refractivity (Wildman–Crippen MR) is 238 cm³/mol. The smallest absolute Gasteiger partial charge is 0.145 e. The number of para-hydroxylation sites is 1. The van der Waals surface area contributed by atoms with Gasteiger partial charge in [-0.05, 0) is 105 Å². The van der Waals surface area contributed by atoms with E-state index in [4.69, 9.17) is 4.42 Å². The van der Waals surface area contributed by atoms with Gasteiger partial charge in [0.1, 0.15) is 11.2 Å². The van der Waals surface area contributed by atoms with Crippen molar-refractivity contribution < 1.29 is 4.42 Å². The molecule has 1 spiro atoms. The number of nitrogens with zero attached hydrogens (tertiary/aromatic N) is 1. The lowest BCUT2D eigenvalue weighted by atomic mass is 9.64. The van der Waals surface area contributed by atoms with Crippen LogP contribution in [0.5, 0.6) is 0 Å². The molecule has 0 unspecified atom stereocenters. The first kappa shape index (κ1) is 32.8. The maximum absolute atomic E-state index is 6.77. The zero-order valence-corrected chi connectivity index (χ0v) is 32.4. The van der Waals surface area contributed by atoms with Crippen molar-refractivity contribution in [3.63, 3.8) is 0 Å². The van der Waals surface area contributed by atoms with Crippen LogP contribution in [0.4, 0.5) is 17.1 Å². The van der Waals surface area contributed by atoms with Gasteiger partial charge >= 0.3 is 0 Å². The van der Waals surface area contributed by atoms with Crippen molar-refractivity contribution in [2.24, 2.45) is 0 Å². The molecule has 9 aromatic carbocycles. The van der Waals surface area contributed by atoms with E-state index in [-0.39, 0.29) is 0 Å². The Bertz CT molecular complexity index is 3100. The summed E-state index contributed by atoms with van der Waals surface area (Å²) in [6.07, 6.45) is 0. The molecule has 4 heteroatoms. The minimum absolute atomic E-state index is 0.515. The Morgan fingerprint density at radius 2 is 0.982 bits per heavy atom. The van der Waals surface area contributed by atoms with Gasteiger partial charge in [-0.25, -0.2) is 0 Å². The Morgan fingerprint density at radius 3 is 1.68 bits per heavy atom. The second kappa shape index (κ2) is 12.8. The van der Waals surface area contributed by atoms with E-state index in [2.05, 4.69) is 199 Å². The minimum Gasteiger partial charge on any atom is -0.455 e. The first-order chi connectivity index (χ1) is 28.3. The highest BCUT2D eigenvalue weighted by Gasteiger charge is 2.48. The Labute approximate surface area is 339 Å². The summed E-state index contributed by atoms with van der Waals surface area (Å²) in [6, 6.07) is 73.3. The zero-order valence-electron chi connectivity index (χ0n) is 30.7. The third-order valence-electron chi connectivity index (χ3n) is 11.8. The van der Waals surface area contributed by atoms with Crippen LogP contribution < -0.4 is 4.90 Å². The highest BCUT2D eigenvalue weighted by atomic mass is 32.2. The summed E-state index contributed by atoms with van der Waals surface area (Å²) in [5.74, 6) is 0. The fourth-order valence-corrected chi connectivity index (χ4v) is 11.7. The van der Waals surface area contributed by atoms with Crippen LogP contribution in [0.15, 0.2) is 224 Å². The molecule has 0 radical (unpaired) electrons. The average molecular weight is 764 g/mol. The SMILES string of the molecule is c1ccc(-c2ccc(N(c3ccc4c(c3)C3(c5ccccc5Sc5ccccc53)c3ccccc3S4)c3cccc4ccc5c6ccccc6oc5c34)cc2)cc1. The molecular weight excluding hydrogens is 731 g/mol. The van der Waals surface area contributed by atoms with Crippen LogP contribution in [-0.2, 0) is 5.41 Å². The molecule has 0 bridgehead atoms. The molecule has 57 heavy (non-hydrogen) atoms.